The maximum atomic E-state index is 13.4. The Bertz CT molecular complexity index is 2450. The van der Waals surface area contributed by atoms with Gasteiger partial charge in [-0.1, -0.05) is 46.0 Å². The highest BCUT2D eigenvalue weighted by Crippen LogP contribution is 2.52. The van der Waals surface area contributed by atoms with Gasteiger partial charge < -0.3 is 14.4 Å². The number of fused-ring (bicyclic) bond motifs is 20. The molecule has 5 heterocycles. The molecule has 8 N–H and O–H groups in total. The van der Waals surface area contributed by atoms with E-state index in [0.717, 1.165) is 66.4 Å². The molecule has 19 atom stereocenters. The zero-order valence-corrected chi connectivity index (χ0v) is 52.0. The first-order valence-electron chi connectivity index (χ1n) is 31.4. The van der Waals surface area contributed by atoms with Gasteiger partial charge in [0, 0.05) is 78.3 Å². The van der Waals surface area contributed by atoms with Crippen molar-refractivity contribution in [2.45, 2.75) is 191 Å². The maximum Gasteiger partial charge on any atom is 0.253 e. The first-order chi connectivity index (χ1) is 39.4. The first kappa shape index (κ1) is 58.5. The number of benzene rings is 3. The normalized spacial score (nSPS) is 37.3. The van der Waals surface area contributed by atoms with E-state index in [4.69, 9.17) is 9.47 Å². The predicted octanol–water partition coefficient (Wildman–Crippen LogP) is 10.7. The molecule has 17 heteroatoms. The van der Waals surface area contributed by atoms with E-state index in [9.17, 15) is 4.79 Å². The van der Waals surface area contributed by atoms with Gasteiger partial charge in [-0.05, 0) is 179 Å². The predicted molar refractivity (Wildman–Crippen MR) is 336 cm³/mol. The lowest BCUT2D eigenvalue weighted by Gasteiger charge is -2.40. The summed E-state index contributed by atoms with van der Waals surface area (Å²) in [4.78, 5) is 19.3. The van der Waals surface area contributed by atoms with Crippen molar-refractivity contribution in [3.8, 4) is 11.5 Å². The molecule has 3 aromatic rings. The molecule has 9 fully saturated rings. The number of amides is 1. The zero-order valence-electron chi connectivity index (χ0n) is 48.0. The molecule has 5 aliphatic heterocycles. The van der Waals surface area contributed by atoms with Crippen LogP contribution in [0.1, 0.15) is 122 Å². The van der Waals surface area contributed by atoms with E-state index < -0.39 is 0 Å². The highest BCUT2D eigenvalue weighted by molar-refractivity contribution is 8.00. The Hall–Kier alpha value is -1.84. The summed E-state index contributed by atoms with van der Waals surface area (Å²) in [6.07, 6.45) is 17.7. The standard InChI is InChI=1S/C63H93N9O3S5/c1-5-72(6-2)63(73)38-22-28-41(29-23-38)78-49-19-11-16-46-52(49)61-67-57(46)65-55-44-14-9-10-15-45(44)56(64-55)66-60-53-47(17-12-20-50(53)79-42-30-24-39(25-31-42)74-34-36-76-7-3)58(68-60)70-62-54-48(59(69-61)71-62)18-13-21-51(54)80-43-32-26-40(27-33-43)75-35-37-77-8-4/h22-33,44-62,64-71H,5-21,34-37H2,1-4H3. The smallest absolute Gasteiger partial charge is 0.253 e. The van der Waals surface area contributed by atoms with E-state index in [2.05, 4.69) is 178 Å². The first-order valence-corrected chi connectivity index (χ1v) is 36.4. The van der Waals surface area contributed by atoms with E-state index in [1.165, 1.54) is 98.2 Å². The third-order valence-corrected chi connectivity index (χ3v) is 25.9. The fraction of sp³-hybridized carbons (Fsp3) is 0.698. The minimum Gasteiger partial charge on any atom is -0.493 e. The van der Waals surface area contributed by atoms with E-state index in [-0.39, 0.29) is 55.2 Å². The number of hydrogen-bond donors (Lipinski definition) is 8. The zero-order chi connectivity index (χ0) is 54.5. The Morgan fingerprint density at radius 2 is 0.750 bits per heavy atom. The SMILES string of the molecule is CCSCCOc1ccc(SC2CCCC3C4NC(NC5NC(NC6NC(NC7NC(N4)C4C(Sc8ccc(OCCSCC)cc8)CCCC74)C4C(Sc7ccc(C(=O)N(CC)CC)cc7)CCCC64)C4CCCCC54)C23)cc1. The average molecular weight is 1180 g/mol. The Morgan fingerprint density at radius 1 is 0.425 bits per heavy atom. The summed E-state index contributed by atoms with van der Waals surface area (Å²) in [5.41, 5.74) is 0.787. The van der Waals surface area contributed by atoms with Crippen LogP contribution in [-0.2, 0) is 0 Å². The summed E-state index contributed by atoms with van der Waals surface area (Å²) in [5.74, 6) is 10.3. The van der Waals surface area contributed by atoms with Crippen molar-refractivity contribution in [3.63, 3.8) is 0 Å². The van der Waals surface area contributed by atoms with Crippen molar-refractivity contribution in [2.75, 3.05) is 49.3 Å². The van der Waals surface area contributed by atoms with Crippen molar-refractivity contribution in [1.29, 1.82) is 0 Å². The summed E-state index contributed by atoms with van der Waals surface area (Å²) in [6, 6.07) is 26.7. The Morgan fingerprint density at radius 3 is 1.10 bits per heavy atom. The van der Waals surface area contributed by atoms with Gasteiger partial charge in [-0.15, -0.1) is 35.3 Å². The minimum atomic E-state index is 0.125. The Balaban J connectivity index is 0.851. The van der Waals surface area contributed by atoms with Gasteiger partial charge in [-0.25, -0.2) is 0 Å². The van der Waals surface area contributed by atoms with Gasteiger partial charge in [-0.3, -0.25) is 47.3 Å². The van der Waals surface area contributed by atoms with Gasteiger partial charge in [0.25, 0.3) is 5.91 Å². The van der Waals surface area contributed by atoms with Gasteiger partial charge in [0.05, 0.1) is 62.5 Å². The van der Waals surface area contributed by atoms with Crippen molar-refractivity contribution in [3.05, 3.63) is 78.4 Å². The molecule has 0 aromatic heterocycles. The van der Waals surface area contributed by atoms with Gasteiger partial charge in [0.2, 0.25) is 0 Å². The van der Waals surface area contributed by atoms with Crippen LogP contribution >= 0.6 is 58.8 Å². The van der Waals surface area contributed by atoms with Gasteiger partial charge in [0.15, 0.2) is 0 Å². The van der Waals surface area contributed by atoms with Gasteiger partial charge >= 0.3 is 0 Å². The fourth-order valence-electron chi connectivity index (χ4n) is 16.3. The summed E-state index contributed by atoms with van der Waals surface area (Å²) < 4.78 is 12.4. The number of nitrogens with one attached hydrogen (secondary N) is 8. The molecule has 3 aromatic carbocycles. The van der Waals surface area contributed by atoms with Crippen molar-refractivity contribution in [2.24, 2.45) is 47.3 Å². The number of nitrogens with zero attached hydrogens (tertiary/aromatic N) is 1. The van der Waals surface area contributed by atoms with Crippen LogP contribution in [0.4, 0.5) is 0 Å². The molecule has 9 aliphatic rings. The molecule has 1 amide bonds. The molecule has 19 unspecified atom stereocenters. The van der Waals surface area contributed by atoms with Crippen LogP contribution < -0.4 is 52.0 Å². The lowest BCUT2D eigenvalue weighted by molar-refractivity contribution is 0.0773. The molecule has 5 saturated heterocycles. The lowest BCUT2D eigenvalue weighted by atomic mass is 9.76. The van der Waals surface area contributed by atoms with Crippen LogP contribution in [0.5, 0.6) is 11.5 Å². The molecular formula is C63H93N9O3S5. The number of ether oxygens (including phenoxy) is 2. The van der Waals surface area contributed by atoms with E-state index in [1.807, 2.05) is 28.4 Å². The minimum absolute atomic E-state index is 0.125. The largest absolute Gasteiger partial charge is 0.493 e. The van der Waals surface area contributed by atoms with Crippen LogP contribution in [0.3, 0.4) is 0 Å². The van der Waals surface area contributed by atoms with Crippen LogP contribution in [0, 0.1) is 47.3 Å². The highest BCUT2D eigenvalue weighted by Gasteiger charge is 2.58. The Kier molecular flexibility index (Phi) is 20.3. The van der Waals surface area contributed by atoms with E-state index >= 15 is 0 Å². The molecule has 80 heavy (non-hydrogen) atoms. The second-order valence-corrected chi connectivity index (χ2v) is 31.0. The topological polar surface area (TPSA) is 135 Å². The molecule has 12 rings (SSSR count). The van der Waals surface area contributed by atoms with Crippen molar-refractivity contribution in [1.82, 2.24) is 47.4 Å². The van der Waals surface area contributed by atoms with Crippen LogP contribution in [0.2, 0.25) is 0 Å². The van der Waals surface area contributed by atoms with Crippen LogP contribution in [0.15, 0.2) is 87.5 Å². The number of carbonyl (C=O) groups excluding carboxylic acids is 1. The number of thioether (sulfide) groups is 5. The average Bonchev–Trinajstić information content (AvgIpc) is 4.25. The summed E-state index contributed by atoms with van der Waals surface area (Å²) in [5, 5.41) is 36.9. The summed E-state index contributed by atoms with van der Waals surface area (Å²) in [7, 11) is 0. The van der Waals surface area contributed by atoms with E-state index in [1.54, 1.807) is 0 Å². The third-order valence-electron chi connectivity index (χ3n) is 20.0. The highest BCUT2D eigenvalue weighted by atomic mass is 32.2. The van der Waals surface area contributed by atoms with E-state index in [0.29, 0.717) is 63.1 Å². The quantitative estimate of drug-likeness (QED) is 0.0541. The maximum absolute atomic E-state index is 13.4. The number of hydrogen-bond acceptors (Lipinski definition) is 16. The Labute approximate surface area is 500 Å². The van der Waals surface area contributed by atoms with Gasteiger partial charge in [0.1, 0.15) is 11.5 Å². The molecule has 438 valence electrons. The monoisotopic (exact) mass is 1180 g/mol. The molecule has 0 spiro atoms. The number of carbonyl (C=O) groups is 1. The lowest BCUT2D eigenvalue weighted by Crippen LogP contribution is -2.62. The van der Waals surface area contributed by atoms with Crippen LogP contribution in [0.25, 0.3) is 0 Å². The molecule has 4 saturated carbocycles. The molecule has 4 aliphatic carbocycles. The van der Waals surface area contributed by atoms with Gasteiger partial charge in [-0.2, -0.15) is 23.5 Å². The summed E-state index contributed by atoms with van der Waals surface area (Å²) in [6.45, 7) is 11.5. The van der Waals surface area contributed by atoms with Crippen molar-refractivity contribution < 1.29 is 14.3 Å². The van der Waals surface area contributed by atoms with Crippen LogP contribution in [-0.4, -0.2) is 125 Å². The summed E-state index contributed by atoms with van der Waals surface area (Å²) >= 11 is 10.2. The third kappa shape index (κ3) is 13.1. The fourth-order valence-corrected chi connectivity index (χ4v) is 21.6. The molecule has 0 radical (unpaired) electrons. The molecular weight excluding hydrogens is 1090 g/mol. The molecule has 12 nitrogen and oxygen atoms in total. The second-order valence-electron chi connectivity index (χ2n) is 24.3. The number of rotatable bonds is 19. The second kappa shape index (κ2) is 27.7. The molecule has 8 bridgehead atoms. The van der Waals surface area contributed by atoms with Crippen molar-refractivity contribution >= 4 is 64.7 Å².